The van der Waals surface area contributed by atoms with E-state index in [1.807, 2.05) is 0 Å². The Morgan fingerprint density at radius 3 is 2.68 bits per heavy atom. The van der Waals surface area contributed by atoms with Crippen LogP contribution >= 0.6 is 0 Å². The summed E-state index contributed by atoms with van der Waals surface area (Å²) in [6.07, 6.45) is 0.0438. The van der Waals surface area contributed by atoms with Crippen molar-refractivity contribution in [1.29, 1.82) is 0 Å². The molecule has 0 unspecified atom stereocenters. The molecule has 0 radical (unpaired) electrons. The van der Waals surface area contributed by atoms with Gasteiger partial charge in [0, 0.05) is 11.3 Å². The molecule has 0 atom stereocenters. The summed E-state index contributed by atoms with van der Waals surface area (Å²) in [5, 5.41) is 12.2. The number of para-hydroxylation sites is 1. The number of aromatic hydroxyl groups is 1. The van der Waals surface area contributed by atoms with Crippen LogP contribution in [0.5, 0.6) is 5.75 Å². The monoisotopic (exact) mass is 259 g/mol. The van der Waals surface area contributed by atoms with Crippen LogP contribution in [0.15, 0.2) is 42.5 Å². The minimum absolute atomic E-state index is 0.0438. The van der Waals surface area contributed by atoms with E-state index in [0.717, 1.165) is 0 Å². The quantitative estimate of drug-likeness (QED) is 0.890. The van der Waals surface area contributed by atoms with Gasteiger partial charge in [-0.1, -0.05) is 24.3 Å². The molecule has 0 spiro atoms. The molecule has 2 rings (SSSR count). The topological polar surface area (TPSA) is 49.3 Å². The van der Waals surface area contributed by atoms with E-state index in [-0.39, 0.29) is 23.9 Å². The van der Waals surface area contributed by atoms with Crippen molar-refractivity contribution < 1.29 is 14.3 Å². The van der Waals surface area contributed by atoms with E-state index in [0.29, 0.717) is 16.8 Å². The molecule has 2 aromatic rings. The average Bonchev–Trinajstić information content (AvgIpc) is 2.37. The Hall–Kier alpha value is -2.36. The molecule has 1 amide bonds. The van der Waals surface area contributed by atoms with Crippen molar-refractivity contribution in [2.24, 2.45) is 0 Å². The van der Waals surface area contributed by atoms with Crippen LogP contribution in [0.25, 0.3) is 0 Å². The van der Waals surface area contributed by atoms with Crippen molar-refractivity contribution in [3.05, 3.63) is 59.4 Å². The van der Waals surface area contributed by atoms with E-state index in [1.165, 1.54) is 12.1 Å². The average molecular weight is 259 g/mol. The summed E-state index contributed by atoms with van der Waals surface area (Å²) >= 11 is 0. The van der Waals surface area contributed by atoms with Crippen molar-refractivity contribution in [2.75, 3.05) is 5.32 Å². The first-order valence-electron chi connectivity index (χ1n) is 5.89. The summed E-state index contributed by atoms with van der Waals surface area (Å²) in [4.78, 5) is 11.8. The van der Waals surface area contributed by atoms with Crippen molar-refractivity contribution in [1.82, 2.24) is 0 Å². The maximum atomic E-state index is 13.3. The summed E-state index contributed by atoms with van der Waals surface area (Å²) < 4.78 is 13.3. The number of hydrogen-bond donors (Lipinski definition) is 2. The third-order valence-electron chi connectivity index (χ3n) is 2.80. The highest BCUT2D eigenvalue weighted by Crippen LogP contribution is 2.18. The van der Waals surface area contributed by atoms with Crippen LogP contribution in [0.2, 0.25) is 0 Å². The van der Waals surface area contributed by atoms with Crippen LogP contribution in [0.1, 0.15) is 11.1 Å². The van der Waals surface area contributed by atoms with Gasteiger partial charge in [-0.25, -0.2) is 4.39 Å². The smallest absolute Gasteiger partial charge is 0.228 e. The summed E-state index contributed by atoms with van der Waals surface area (Å²) in [5.41, 5.74) is 1.47. The third kappa shape index (κ3) is 3.31. The number of anilines is 1. The van der Waals surface area contributed by atoms with Gasteiger partial charge in [-0.2, -0.15) is 0 Å². The lowest BCUT2D eigenvalue weighted by molar-refractivity contribution is -0.115. The zero-order valence-corrected chi connectivity index (χ0v) is 10.5. The molecule has 3 nitrogen and oxygen atoms in total. The molecule has 19 heavy (non-hydrogen) atoms. The number of carbonyl (C=O) groups is 1. The van der Waals surface area contributed by atoms with E-state index in [9.17, 15) is 14.3 Å². The number of phenols is 1. The highest BCUT2D eigenvalue weighted by Gasteiger charge is 2.08. The number of carbonyl (C=O) groups excluding carboxylic acids is 1. The number of nitrogens with one attached hydrogen (secondary N) is 1. The van der Waals surface area contributed by atoms with Gasteiger partial charge >= 0.3 is 0 Å². The molecular weight excluding hydrogens is 245 g/mol. The summed E-state index contributed by atoms with van der Waals surface area (Å²) in [5.74, 6) is -0.585. The molecule has 0 bridgehead atoms. The highest BCUT2D eigenvalue weighted by atomic mass is 19.1. The molecule has 0 aliphatic heterocycles. The van der Waals surface area contributed by atoms with Gasteiger partial charge in [-0.05, 0) is 30.7 Å². The largest absolute Gasteiger partial charge is 0.508 e. The first-order valence-corrected chi connectivity index (χ1v) is 5.89. The predicted octanol–water partition coefficient (Wildman–Crippen LogP) is 3.02. The molecule has 0 saturated carbocycles. The molecule has 0 aromatic heterocycles. The molecule has 4 heteroatoms. The Morgan fingerprint density at radius 1 is 1.26 bits per heavy atom. The second-order valence-electron chi connectivity index (χ2n) is 4.32. The minimum atomic E-state index is -0.361. The van der Waals surface area contributed by atoms with E-state index in [2.05, 4.69) is 5.32 Å². The van der Waals surface area contributed by atoms with Crippen molar-refractivity contribution in [2.45, 2.75) is 13.3 Å². The van der Waals surface area contributed by atoms with Gasteiger partial charge in [-0.15, -0.1) is 0 Å². The fourth-order valence-corrected chi connectivity index (χ4v) is 1.71. The summed E-state index contributed by atoms with van der Waals surface area (Å²) in [6, 6.07) is 11.1. The van der Waals surface area contributed by atoms with Crippen LogP contribution < -0.4 is 5.32 Å². The molecule has 98 valence electrons. The lowest BCUT2D eigenvalue weighted by atomic mass is 10.1. The highest BCUT2D eigenvalue weighted by molar-refractivity contribution is 5.92. The van der Waals surface area contributed by atoms with Gasteiger partial charge < -0.3 is 10.4 Å². The van der Waals surface area contributed by atoms with E-state index >= 15 is 0 Å². The number of benzene rings is 2. The second kappa shape index (κ2) is 5.52. The Labute approximate surface area is 110 Å². The first-order chi connectivity index (χ1) is 9.06. The predicted molar refractivity (Wildman–Crippen MR) is 71.6 cm³/mol. The van der Waals surface area contributed by atoms with Crippen LogP contribution in [0.3, 0.4) is 0 Å². The number of amides is 1. The minimum Gasteiger partial charge on any atom is -0.508 e. The van der Waals surface area contributed by atoms with Gasteiger partial charge in [0.2, 0.25) is 5.91 Å². The fourth-order valence-electron chi connectivity index (χ4n) is 1.71. The fraction of sp³-hybridized carbons (Fsp3) is 0.133. The maximum Gasteiger partial charge on any atom is 0.228 e. The van der Waals surface area contributed by atoms with Gasteiger partial charge in [-0.3, -0.25) is 4.79 Å². The zero-order chi connectivity index (χ0) is 13.8. The second-order valence-corrected chi connectivity index (χ2v) is 4.32. The molecule has 0 aliphatic rings. The normalized spacial score (nSPS) is 10.2. The first kappa shape index (κ1) is 13.1. The maximum absolute atomic E-state index is 13.3. The SMILES string of the molecule is Cc1ccc(NC(=O)Cc2ccccc2O)cc1F. The molecule has 0 heterocycles. The van der Waals surface area contributed by atoms with E-state index in [4.69, 9.17) is 0 Å². The number of halogens is 1. The standard InChI is InChI=1S/C15H14FNO2/c1-10-6-7-12(9-13(10)16)17-15(19)8-11-4-2-3-5-14(11)18/h2-7,9,18H,8H2,1H3,(H,17,19). The Bertz CT molecular complexity index is 611. The van der Waals surface area contributed by atoms with Gasteiger partial charge in [0.15, 0.2) is 0 Å². The van der Waals surface area contributed by atoms with Crippen molar-refractivity contribution in [3.8, 4) is 5.75 Å². The summed E-state index contributed by atoms with van der Waals surface area (Å²) in [6.45, 7) is 1.66. The van der Waals surface area contributed by atoms with E-state index < -0.39 is 0 Å². The van der Waals surface area contributed by atoms with E-state index in [1.54, 1.807) is 37.3 Å². The zero-order valence-electron chi connectivity index (χ0n) is 10.5. The summed E-state index contributed by atoms with van der Waals surface area (Å²) in [7, 11) is 0. The Balaban J connectivity index is 2.05. The Kier molecular flexibility index (Phi) is 3.80. The molecular formula is C15H14FNO2. The van der Waals surface area contributed by atoms with Crippen LogP contribution in [0, 0.1) is 12.7 Å². The number of phenolic OH excluding ortho intramolecular Hbond substituents is 1. The molecule has 2 N–H and O–H groups in total. The lowest BCUT2D eigenvalue weighted by Crippen LogP contribution is -2.14. The van der Waals surface area contributed by atoms with Crippen LogP contribution in [-0.4, -0.2) is 11.0 Å². The number of rotatable bonds is 3. The van der Waals surface area contributed by atoms with Gasteiger partial charge in [0.05, 0.1) is 6.42 Å². The van der Waals surface area contributed by atoms with Crippen molar-refractivity contribution >= 4 is 11.6 Å². The molecule has 0 aliphatic carbocycles. The van der Waals surface area contributed by atoms with Gasteiger partial charge in [0.25, 0.3) is 0 Å². The number of hydrogen-bond acceptors (Lipinski definition) is 2. The van der Waals surface area contributed by atoms with Gasteiger partial charge in [0.1, 0.15) is 11.6 Å². The van der Waals surface area contributed by atoms with Crippen molar-refractivity contribution in [3.63, 3.8) is 0 Å². The molecule has 2 aromatic carbocycles. The molecule has 0 fully saturated rings. The lowest BCUT2D eigenvalue weighted by Gasteiger charge is -2.07. The Morgan fingerprint density at radius 2 is 2.00 bits per heavy atom. The van der Waals surface area contributed by atoms with Crippen LogP contribution in [0.4, 0.5) is 10.1 Å². The number of aryl methyl sites for hydroxylation is 1. The van der Waals surface area contributed by atoms with Crippen LogP contribution in [-0.2, 0) is 11.2 Å². The third-order valence-corrected chi connectivity index (χ3v) is 2.80. The molecule has 0 saturated heterocycles.